The van der Waals surface area contributed by atoms with Crippen LogP contribution in [-0.4, -0.2) is 74.2 Å². The van der Waals surface area contributed by atoms with Crippen LogP contribution in [0.15, 0.2) is 77.7 Å². The standard InChI is InChI=1S/C31H38N4O6S/c1-21-10-13-27(14-11-21)42(39,40)33-26-12-15-28-24(16-26)17-30(37)35(23(3)20-36)18-22(2)29(41-28)19-34(4)31(38)32-25-8-6-5-7-9-25/h5-16,22-23,29,33,36H,17-20H2,1-4H3,(H,32,38)/t22-,23+,29-/m0/s1. The van der Waals surface area contributed by atoms with Crippen LogP contribution in [0.25, 0.3) is 0 Å². The quantitative estimate of drug-likeness (QED) is 0.360. The zero-order valence-corrected chi connectivity index (χ0v) is 25.1. The normalized spacial score (nSPS) is 18.0. The molecule has 3 atom stereocenters. The van der Waals surface area contributed by atoms with Gasteiger partial charge in [0.1, 0.15) is 11.9 Å². The molecule has 3 aromatic carbocycles. The van der Waals surface area contributed by atoms with E-state index in [0.29, 0.717) is 23.5 Å². The Kier molecular flexibility index (Phi) is 9.74. The van der Waals surface area contributed by atoms with E-state index in [2.05, 4.69) is 10.0 Å². The van der Waals surface area contributed by atoms with Crippen LogP contribution in [0.3, 0.4) is 0 Å². The molecule has 4 rings (SSSR count). The van der Waals surface area contributed by atoms with Crippen molar-refractivity contribution < 1.29 is 27.9 Å². The van der Waals surface area contributed by atoms with Gasteiger partial charge in [0.15, 0.2) is 0 Å². The first-order chi connectivity index (χ1) is 20.0. The van der Waals surface area contributed by atoms with Crippen molar-refractivity contribution in [2.24, 2.45) is 5.92 Å². The lowest BCUT2D eigenvalue weighted by Crippen LogP contribution is -2.48. The van der Waals surface area contributed by atoms with E-state index < -0.39 is 22.2 Å². The number of hydrogen-bond donors (Lipinski definition) is 3. The molecule has 11 heteroatoms. The molecule has 0 unspecified atom stereocenters. The Bertz CT molecular complexity index is 1500. The summed E-state index contributed by atoms with van der Waals surface area (Å²) in [6.07, 6.45) is -0.562. The van der Waals surface area contributed by atoms with Gasteiger partial charge < -0.3 is 25.0 Å². The predicted octanol–water partition coefficient (Wildman–Crippen LogP) is 4.11. The predicted molar refractivity (Wildman–Crippen MR) is 162 cm³/mol. The number of rotatable bonds is 8. The molecule has 0 saturated carbocycles. The van der Waals surface area contributed by atoms with Crippen LogP contribution < -0.4 is 14.8 Å². The number of para-hydroxylation sites is 1. The number of amides is 3. The van der Waals surface area contributed by atoms with Crippen LogP contribution in [-0.2, 0) is 21.2 Å². The number of benzene rings is 3. The number of nitrogens with zero attached hydrogens (tertiary/aromatic N) is 2. The van der Waals surface area contributed by atoms with E-state index in [0.717, 1.165) is 5.56 Å². The molecule has 1 aliphatic rings. The fourth-order valence-corrected chi connectivity index (χ4v) is 5.79. The highest BCUT2D eigenvalue weighted by Gasteiger charge is 2.32. The lowest BCUT2D eigenvalue weighted by atomic mass is 10.0. The van der Waals surface area contributed by atoms with E-state index >= 15 is 0 Å². The van der Waals surface area contributed by atoms with Crippen molar-refractivity contribution in [3.63, 3.8) is 0 Å². The number of anilines is 2. The van der Waals surface area contributed by atoms with Gasteiger partial charge in [-0.3, -0.25) is 9.52 Å². The maximum atomic E-state index is 13.5. The Hall–Kier alpha value is -4.09. The summed E-state index contributed by atoms with van der Waals surface area (Å²) in [5, 5.41) is 12.7. The maximum absolute atomic E-state index is 13.5. The molecule has 0 fully saturated rings. The SMILES string of the molecule is Cc1ccc(S(=O)(=O)Nc2ccc3c(c2)CC(=O)N([C@H](C)CO)C[C@H](C)[C@H](CN(C)C(=O)Nc2ccccc2)O3)cc1. The average molecular weight is 595 g/mol. The number of fused-ring (bicyclic) bond motifs is 1. The van der Waals surface area contributed by atoms with Crippen LogP contribution in [0, 0.1) is 12.8 Å². The smallest absolute Gasteiger partial charge is 0.321 e. The number of aryl methyl sites for hydroxylation is 1. The number of aliphatic hydroxyl groups is 1. The first-order valence-corrected chi connectivity index (χ1v) is 15.3. The van der Waals surface area contributed by atoms with Crippen LogP contribution in [0.2, 0.25) is 0 Å². The van der Waals surface area contributed by atoms with Crippen LogP contribution in [0.4, 0.5) is 16.2 Å². The minimum Gasteiger partial charge on any atom is -0.488 e. The number of ether oxygens (including phenoxy) is 1. The molecule has 0 radical (unpaired) electrons. The van der Waals surface area contributed by atoms with Gasteiger partial charge in [0, 0.05) is 36.4 Å². The minimum atomic E-state index is -3.86. The number of sulfonamides is 1. The third-order valence-corrected chi connectivity index (χ3v) is 8.72. The van der Waals surface area contributed by atoms with E-state index in [4.69, 9.17) is 4.74 Å². The molecular weight excluding hydrogens is 556 g/mol. The number of hydrogen-bond acceptors (Lipinski definition) is 6. The Balaban J connectivity index is 1.62. The Morgan fingerprint density at radius 2 is 1.79 bits per heavy atom. The van der Waals surface area contributed by atoms with Crippen molar-refractivity contribution in [3.05, 3.63) is 83.9 Å². The maximum Gasteiger partial charge on any atom is 0.321 e. The molecule has 0 bridgehead atoms. The van der Waals surface area contributed by atoms with Crippen molar-refractivity contribution in [3.8, 4) is 5.75 Å². The number of urea groups is 1. The van der Waals surface area contributed by atoms with E-state index in [-0.39, 0.29) is 48.0 Å². The number of likely N-dealkylation sites (N-methyl/N-ethyl adjacent to an activating group) is 1. The number of aliphatic hydroxyl groups excluding tert-OH is 1. The topological polar surface area (TPSA) is 128 Å². The third kappa shape index (κ3) is 7.59. The van der Waals surface area contributed by atoms with Gasteiger partial charge in [-0.25, -0.2) is 13.2 Å². The minimum absolute atomic E-state index is 0.0520. The number of carbonyl (C=O) groups excluding carboxylic acids is 2. The molecule has 0 saturated heterocycles. The van der Waals surface area contributed by atoms with Gasteiger partial charge >= 0.3 is 6.03 Å². The van der Waals surface area contributed by atoms with Gasteiger partial charge in [0.2, 0.25) is 5.91 Å². The van der Waals surface area contributed by atoms with E-state index in [9.17, 15) is 23.1 Å². The third-order valence-electron chi connectivity index (χ3n) is 7.33. The largest absolute Gasteiger partial charge is 0.488 e. The molecule has 0 aliphatic carbocycles. The molecule has 3 amide bonds. The summed E-state index contributed by atoms with van der Waals surface area (Å²) >= 11 is 0. The van der Waals surface area contributed by atoms with Gasteiger partial charge in [0.25, 0.3) is 10.0 Å². The van der Waals surface area contributed by atoms with Crippen molar-refractivity contribution in [2.45, 2.75) is 44.2 Å². The van der Waals surface area contributed by atoms with Gasteiger partial charge in [-0.1, -0.05) is 42.8 Å². The molecule has 42 heavy (non-hydrogen) atoms. The van der Waals surface area contributed by atoms with Gasteiger partial charge in [-0.15, -0.1) is 0 Å². The summed E-state index contributed by atoms with van der Waals surface area (Å²) in [6.45, 7) is 5.89. The number of carbonyl (C=O) groups is 2. The molecule has 1 heterocycles. The van der Waals surface area contributed by atoms with Crippen LogP contribution >= 0.6 is 0 Å². The van der Waals surface area contributed by atoms with Crippen molar-refractivity contribution in [1.29, 1.82) is 0 Å². The Morgan fingerprint density at radius 3 is 2.45 bits per heavy atom. The summed E-state index contributed by atoms with van der Waals surface area (Å²) in [4.78, 5) is 29.7. The molecule has 10 nitrogen and oxygen atoms in total. The van der Waals surface area contributed by atoms with Crippen molar-refractivity contribution in [2.75, 3.05) is 36.8 Å². The first kappa shape index (κ1) is 30.9. The molecule has 0 spiro atoms. The van der Waals surface area contributed by atoms with Gasteiger partial charge in [-0.2, -0.15) is 0 Å². The Labute approximate surface area is 247 Å². The molecule has 3 aromatic rings. The van der Waals surface area contributed by atoms with Gasteiger partial charge in [-0.05, 0) is 56.3 Å². The fraction of sp³-hybridized carbons (Fsp3) is 0.355. The van der Waals surface area contributed by atoms with Crippen molar-refractivity contribution >= 4 is 33.3 Å². The fourth-order valence-electron chi connectivity index (χ4n) is 4.74. The summed E-state index contributed by atoms with van der Waals surface area (Å²) in [6, 6.07) is 19.7. The van der Waals surface area contributed by atoms with E-state index in [1.54, 1.807) is 61.3 Å². The highest BCUT2D eigenvalue weighted by molar-refractivity contribution is 7.92. The zero-order valence-electron chi connectivity index (χ0n) is 24.3. The number of nitrogens with one attached hydrogen (secondary N) is 2. The summed E-state index contributed by atoms with van der Waals surface area (Å²) in [7, 11) is -2.19. The molecular formula is C31H38N4O6S. The highest BCUT2D eigenvalue weighted by Crippen LogP contribution is 2.30. The summed E-state index contributed by atoms with van der Waals surface area (Å²) in [5.74, 6) is -0.00272. The van der Waals surface area contributed by atoms with E-state index in [1.807, 2.05) is 32.0 Å². The Morgan fingerprint density at radius 1 is 1.10 bits per heavy atom. The first-order valence-electron chi connectivity index (χ1n) is 13.8. The second kappa shape index (κ2) is 13.3. The summed E-state index contributed by atoms with van der Waals surface area (Å²) < 4.78 is 35.1. The molecule has 1 aliphatic heterocycles. The zero-order chi connectivity index (χ0) is 30.4. The highest BCUT2D eigenvalue weighted by atomic mass is 32.2. The lowest BCUT2D eigenvalue weighted by molar-refractivity contribution is -0.134. The molecule has 3 N–H and O–H groups in total. The van der Waals surface area contributed by atoms with E-state index in [1.165, 1.54) is 17.0 Å². The summed E-state index contributed by atoms with van der Waals surface area (Å²) in [5.41, 5.74) is 2.39. The van der Waals surface area contributed by atoms with Crippen LogP contribution in [0.5, 0.6) is 5.75 Å². The second-order valence-electron chi connectivity index (χ2n) is 10.8. The average Bonchev–Trinajstić information content (AvgIpc) is 3.00. The van der Waals surface area contributed by atoms with Gasteiger partial charge in [0.05, 0.1) is 30.5 Å². The monoisotopic (exact) mass is 594 g/mol. The lowest BCUT2D eigenvalue weighted by Gasteiger charge is -2.34. The molecule has 0 aromatic heterocycles. The van der Waals surface area contributed by atoms with Crippen LogP contribution in [0.1, 0.15) is 25.0 Å². The second-order valence-corrected chi connectivity index (χ2v) is 12.5. The van der Waals surface area contributed by atoms with Crippen molar-refractivity contribution in [1.82, 2.24) is 9.80 Å². The molecule has 224 valence electrons.